The van der Waals surface area contributed by atoms with Gasteiger partial charge in [-0.2, -0.15) is 0 Å². The van der Waals surface area contributed by atoms with Crippen LogP contribution in [0.2, 0.25) is 0 Å². The molecule has 3 rings (SSSR count). The lowest BCUT2D eigenvalue weighted by molar-refractivity contribution is 0.413. The van der Waals surface area contributed by atoms with Crippen LogP contribution in [0.15, 0.2) is 47.3 Å². The van der Waals surface area contributed by atoms with Gasteiger partial charge in [-0.05, 0) is 30.3 Å². The summed E-state index contributed by atoms with van der Waals surface area (Å²) in [5, 5.41) is 0. The van der Waals surface area contributed by atoms with Crippen LogP contribution in [0.1, 0.15) is 0 Å². The molecule has 1 heterocycles. The van der Waals surface area contributed by atoms with Gasteiger partial charge in [-0.1, -0.05) is 12.1 Å². The van der Waals surface area contributed by atoms with Crippen LogP contribution >= 0.6 is 0 Å². The third-order valence-corrected chi connectivity index (χ3v) is 3.41. The van der Waals surface area contributed by atoms with Gasteiger partial charge in [0, 0.05) is 12.7 Å². The van der Waals surface area contributed by atoms with Crippen LogP contribution in [0, 0.1) is 0 Å². The topological polar surface area (TPSA) is 62.2 Å². The Bertz CT molecular complexity index is 846. The monoisotopic (exact) mass is 269 g/mol. The maximum absolute atomic E-state index is 12.5. The number of rotatable bonds is 2. The van der Waals surface area contributed by atoms with Crippen molar-refractivity contribution in [3.8, 4) is 11.4 Å². The molecular formula is C15H15N3O2. The van der Waals surface area contributed by atoms with Crippen molar-refractivity contribution in [2.75, 3.05) is 12.8 Å². The highest BCUT2D eigenvalue weighted by Crippen LogP contribution is 2.27. The van der Waals surface area contributed by atoms with Gasteiger partial charge in [0.2, 0.25) is 0 Å². The molecule has 2 N–H and O–H groups in total. The molecule has 5 heteroatoms. The van der Waals surface area contributed by atoms with Gasteiger partial charge in [-0.25, -0.2) is 4.79 Å². The molecule has 3 aromatic rings. The van der Waals surface area contributed by atoms with Crippen LogP contribution in [0.3, 0.4) is 0 Å². The predicted molar refractivity (Wildman–Crippen MR) is 79.5 cm³/mol. The van der Waals surface area contributed by atoms with Crippen LogP contribution in [-0.2, 0) is 7.05 Å². The van der Waals surface area contributed by atoms with Gasteiger partial charge in [0.1, 0.15) is 5.75 Å². The SMILES string of the molecule is COc1ccc(N)cc1-n1c(=O)n(C)c2ccccc21. The lowest BCUT2D eigenvalue weighted by Gasteiger charge is -2.10. The van der Waals surface area contributed by atoms with Crippen molar-refractivity contribution in [2.45, 2.75) is 0 Å². The molecule has 1 aromatic heterocycles. The van der Waals surface area contributed by atoms with Crippen LogP contribution in [-0.4, -0.2) is 16.2 Å². The summed E-state index contributed by atoms with van der Waals surface area (Å²) in [6, 6.07) is 12.9. The Labute approximate surface area is 115 Å². The largest absolute Gasteiger partial charge is 0.495 e. The molecule has 0 saturated heterocycles. The van der Waals surface area contributed by atoms with E-state index in [1.807, 2.05) is 24.3 Å². The lowest BCUT2D eigenvalue weighted by atomic mass is 10.2. The number of anilines is 1. The third-order valence-electron chi connectivity index (χ3n) is 3.41. The number of hydrogen-bond donors (Lipinski definition) is 1. The molecule has 2 aromatic carbocycles. The molecule has 0 atom stereocenters. The minimum atomic E-state index is -0.130. The highest BCUT2D eigenvalue weighted by atomic mass is 16.5. The van der Waals surface area contributed by atoms with E-state index in [0.29, 0.717) is 17.1 Å². The minimum Gasteiger partial charge on any atom is -0.495 e. The number of nitrogen functional groups attached to an aromatic ring is 1. The average molecular weight is 269 g/mol. The molecular weight excluding hydrogens is 254 g/mol. The van der Waals surface area contributed by atoms with Gasteiger partial charge >= 0.3 is 5.69 Å². The van der Waals surface area contributed by atoms with Gasteiger partial charge in [0.25, 0.3) is 0 Å². The molecule has 102 valence electrons. The number of aryl methyl sites for hydroxylation is 1. The first kappa shape index (κ1) is 12.3. The number of imidazole rings is 1. The molecule has 0 amide bonds. The molecule has 0 aliphatic rings. The van der Waals surface area contributed by atoms with Crippen molar-refractivity contribution in [1.29, 1.82) is 0 Å². The fourth-order valence-electron chi connectivity index (χ4n) is 2.41. The summed E-state index contributed by atoms with van der Waals surface area (Å²) in [7, 11) is 3.32. The summed E-state index contributed by atoms with van der Waals surface area (Å²) in [6.45, 7) is 0. The van der Waals surface area contributed by atoms with Crippen LogP contribution in [0.25, 0.3) is 16.7 Å². The molecule has 0 spiro atoms. The number of ether oxygens (including phenoxy) is 1. The normalized spacial score (nSPS) is 10.9. The Morgan fingerprint density at radius 2 is 1.80 bits per heavy atom. The summed E-state index contributed by atoms with van der Waals surface area (Å²) in [5.41, 5.74) is 8.63. The first-order chi connectivity index (χ1) is 9.63. The number of nitrogens with two attached hydrogens (primary N) is 1. The quantitative estimate of drug-likeness (QED) is 0.723. The van der Waals surface area contributed by atoms with Gasteiger partial charge in [0.15, 0.2) is 0 Å². The lowest BCUT2D eigenvalue weighted by Crippen LogP contribution is -2.21. The number of benzene rings is 2. The Balaban J connectivity index is 2.44. The molecule has 0 aliphatic carbocycles. The van der Waals surface area contributed by atoms with E-state index in [9.17, 15) is 4.79 Å². The van der Waals surface area contributed by atoms with E-state index < -0.39 is 0 Å². The summed E-state index contributed by atoms with van der Waals surface area (Å²) in [4.78, 5) is 12.5. The molecule has 0 bridgehead atoms. The van der Waals surface area contributed by atoms with E-state index in [-0.39, 0.29) is 5.69 Å². The van der Waals surface area contributed by atoms with Crippen molar-refractivity contribution in [3.63, 3.8) is 0 Å². The number of aromatic nitrogens is 2. The van der Waals surface area contributed by atoms with Gasteiger partial charge in [0.05, 0.1) is 23.8 Å². The smallest absolute Gasteiger partial charge is 0.333 e. The molecule has 0 unspecified atom stereocenters. The second-order valence-corrected chi connectivity index (χ2v) is 4.60. The van der Waals surface area contributed by atoms with E-state index in [4.69, 9.17) is 10.5 Å². The van der Waals surface area contributed by atoms with Crippen molar-refractivity contribution in [1.82, 2.24) is 9.13 Å². The predicted octanol–water partition coefficient (Wildman–Crippen LogP) is 1.92. The highest BCUT2D eigenvalue weighted by molar-refractivity contribution is 5.79. The molecule has 0 radical (unpaired) electrons. The Morgan fingerprint density at radius 1 is 1.10 bits per heavy atom. The number of methoxy groups -OCH3 is 1. The maximum Gasteiger partial charge on any atom is 0.333 e. The summed E-state index contributed by atoms with van der Waals surface area (Å²) >= 11 is 0. The first-order valence-electron chi connectivity index (χ1n) is 6.24. The second kappa shape index (κ2) is 4.45. The van der Waals surface area contributed by atoms with Crippen molar-refractivity contribution >= 4 is 16.7 Å². The first-order valence-corrected chi connectivity index (χ1v) is 6.24. The van der Waals surface area contributed by atoms with Crippen molar-refractivity contribution < 1.29 is 4.74 Å². The Kier molecular flexibility index (Phi) is 2.75. The Hall–Kier alpha value is -2.69. The molecule has 20 heavy (non-hydrogen) atoms. The zero-order chi connectivity index (χ0) is 14.3. The second-order valence-electron chi connectivity index (χ2n) is 4.60. The van der Waals surface area contributed by atoms with Gasteiger partial charge in [-0.15, -0.1) is 0 Å². The fraction of sp³-hybridized carbons (Fsp3) is 0.133. The molecule has 5 nitrogen and oxygen atoms in total. The maximum atomic E-state index is 12.5. The number of hydrogen-bond acceptors (Lipinski definition) is 3. The van der Waals surface area contributed by atoms with E-state index in [1.54, 1.807) is 41.5 Å². The minimum absolute atomic E-state index is 0.130. The van der Waals surface area contributed by atoms with Crippen molar-refractivity contribution in [2.24, 2.45) is 7.05 Å². The summed E-state index contributed by atoms with van der Waals surface area (Å²) in [6.07, 6.45) is 0. The van der Waals surface area contributed by atoms with E-state index >= 15 is 0 Å². The fourth-order valence-corrected chi connectivity index (χ4v) is 2.41. The van der Waals surface area contributed by atoms with E-state index in [2.05, 4.69) is 0 Å². The Morgan fingerprint density at radius 3 is 2.50 bits per heavy atom. The van der Waals surface area contributed by atoms with Gasteiger partial charge < -0.3 is 10.5 Å². The number of fused-ring (bicyclic) bond motifs is 1. The highest BCUT2D eigenvalue weighted by Gasteiger charge is 2.15. The molecule has 0 aliphatic heterocycles. The average Bonchev–Trinajstić information content (AvgIpc) is 2.71. The summed E-state index contributed by atoms with van der Waals surface area (Å²) in [5.74, 6) is 0.609. The van der Waals surface area contributed by atoms with Crippen LogP contribution in [0.4, 0.5) is 5.69 Å². The number of nitrogens with zero attached hydrogens (tertiary/aromatic N) is 2. The molecule has 0 fully saturated rings. The van der Waals surface area contributed by atoms with Crippen LogP contribution < -0.4 is 16.2 Å². The summed E-state index contributed by atoms with van der Waals surface area (Å²) < 4.78 is 8.57. The zero-order valence-electron chi connectivity index (χ0n) is 11.3. The van der Waals surface area contributed by atoms with E-state index in [0.717, 1.165) is 11.0 Å². The van der Waals surface area contributed by atoms with Crippen LogP contribution in [0.5, 0.6) is 5.75 Å². The number of para-hydroxylation sites is 2. The molecule has 0 saturated carbocycles. The van der Waals surface area contributed by atoms with E-state index in [1.165, 1.54) is 0 Å². The third kappa shape index (κ3) is 1.67. The van der Waals surface area contributed by atoms with Crippen molar-refractivity contribution in [3.05, 3.63) is 52.9 Å². The standard InChI is InChI=1S/C15H15N3O2/c1-17-11-5-3-4-6-12(11)18(15(17)19)13-9-10(16)7-8-14(13)20-2/h3-9H,16H2,1-2H3. The van der Waals surface area contributed by atoms with Gasteiger partial charge in [-0.3, -0.25) is 9.13 Å². The zero-order valence-corrected chi connectivity index (χ0v) is 11.3.